The first-order valence-electron chi connectivity index (χ1n) is 12.0. The Balaban J connectivity index is 1.55. The van der Waals surface area contributed by atoms with E-state index in [1.807, 2.05) is 35.2 Å². The third-order valence-electron chi connectivity index (χ3n) is 6.77. The summed E-state index contributed by atoms with van der Waals surface area (Å²) >= 11 is 0. The topological polar surface area (TPSA) is 68.2 Å². The van der Waals surface area contributed by atoms with Crippen molar-refractivity contribution in [2.24, 2.45) is 0 Å². The number of nitrogens with zero attached hydrogens (tertiary/aromatic N) is 1. The lowest BCUT2D eigenvalue weighted by atomic mass is 9.97. The standard InChI is InChI=1S/C29H33NO5/c1-20-22(12-9-13-24(20)21-10-5-4-6-11-21)19-35-23-16-27(33-2)25(28(17-23)34-3)18-30-15-8-7-14-26(30)29(31)32/h4-6,9-13,16-17,26H,7-8,14-15,18-19H2,1-3H3,(H,31,32). The molecule has 35 heavy (non-hydrogen) atoms. The van der Waals surface area contributed by atoms with Gasteiger partial charge in [-0.2, -0.15) is 0 Å². The fourth-order valence-corrected chi connectivity index (χ4v) is 4.79. The highest BCUT2D eigenvalue weighted by molar-refractivity contribution is 5.73. The van der Waals surface area contributed by atoms with Crippen LogP contribution in [0.15, 0.2) is 60.7 Å². The van der Waals surface area contributed by atoms with E-state index in [1.165, 1.54) is 16.7 Å². The molecule has 0 saturated carbocycles. The monoisotopic (exact) mass is 475 g/mol. The Labute approximate surface area is 207 Å². The highest BCUT2D eigenvalue weighted by Gasteiger charge is 2.30. The number of benzene rings is 3. The highest BCUT2D eigenvalue weighted by atomic mass is 16.5. The summed E-state index contributed by atoms with van der Waals surface area (Å²) in [5, 5.41) is 9.65. The van der Waals surface area contributed by atoms with Gasteiger partial charge in [-0.05, 0) is 48.6 Å². The minimum atomic E-state index is -0.782. The van der Waals surface area contributed by atoms with Crippen LogP contribution in [0.5, 0.6) is 17.2 Å². The quantitative estimate of drug-likeness (QED) is 0.428. The molecule has 1 aliphatic rings. The van der Waals surface area contributed by atoms with Crippen LogP contribution < -0.4 is 14.2 Å². The van der Waals surface area contributed by atoms with Gasteiger partial charge in [-0.25, -0.2) is 0 Å². The molecular weight excluding hydrogens is 442 g/mol. The summed E-state index contributed by atoms with van der Waals surface area (Å²) in [4.78, 5) is 13.7. The van der Waals surface area contributed by atoms with Crippen molar-refractivity contribution in [1.82, 2.24) is 4.90 Å². The van der Waals surface area contributed by atoms with Gasteiger partial charge in [0.2, 0.25) is 0 Å². The third kappa shape index (κ3) is 5.60. The first-order valence-corrected chi connectivity index (χ1v) is 12.0. The number of rotatable bonds is 9. The summed E-state index contributed by atoms with van der Waals surface area (Å²) in [6, 6.07) is 19.8. The van der Waals surface area contributed by atoms with Gasteiger partial charge >= 0.3 is 5.97 Å². The van der Waals surface area contributed by atoms with E-state index in [4.69, 9.17) is 14.2 Å². The molecule has 3 aromatic rings. The summed E-state index contributed by atoms with van der Waals surface area (Å²) in [5.74, 6) is 1.11. The molecule has 4 rings (SSSR count). The fraction of sp³-hybridized carbons (Fsp3) is 0.345. The molecule has 1 N–H and O–H groups in total. The van der Waals surface area contributed by atoms with E-state index in [-0.39, 0.29) is 0 Å². The normalized spacial score (nSPS) is 16.0. The average Bonchev–Trinajstić information content (AvgIpc) is 2.89. The Hall–Kier alpha value is -3.51. The molecule has 0 aliphatic carbocycles. The molecule has 0 amide bonds. The first-order chi connectivity index (χ1) is 17.0. The van der Waals surface area contributed by atoms with Crippen LogP contribution in [-0.4, -0.2) is 42.8 Å². The molecule has 1 fully saturated rings. The summed E-state index contributed by atoms with van der Waals surface area (Å²) in [6.45, 7) is 3.70. The number of ether oxygens (including phenoxy) is 3. The van der Waals surface area contributed by atoms with Gasteiger partial charge in [0.05, 0.1) is 19.8 Å². The van der Waals surface area contributed by atoms with Crippen molar-refractivity contribution in [2.45, 2.75) is 45.4 Å². The Morgan fingerprint density at radius 1 is 1.00 bits per heavy atom. The van der Waals surface area contributed by atoms with E-state index in [1.54, 1.807) is 14.2 Å². The Morgan fingerprint density at radius 2 is 1.71 bits per heavy atom. The summed E-state index contributed by atoms with van der Waals surface area (Å²) in [6.07, 6.45) is 2.57. The van der Waals surface area contributed by atoms with Crippen LogP contribution in [0.4, 0.5) is 0 Å². The van der Waals surface area contributed by atoms with Gasteiger partial charge in [0.25, 0.3) is 0 Å². The molecule has 0 aromatic heterocycles. The molecule has 1 heterocycles. The summed E-state index contributed by atoms with van der Waals surface area (Å²) in [7, 11) is 3.22. The zero-order valence-corrected chi connectivity index (χ0v) is 20.6. The zero-order chi connectivity index (χ0) is 24.8. The molecule has 6 heteroatoms. The number of hydrogen-bond donors (Lipinski definition) is 1. The van der Waals surface area contributed by atoms with Crippen molar-refractivity contribution in [2.75, 3.05) is 20.8 Å². The Kier molecular flexibility index (Phi) is 7.93. The second-order valence-electron chi connectivity index (χ2n) is 8.87. The van der Waals surface area contributed by atoms with E-state index in [9.17, 15) is 9.90 Å². The molecule has 0 bridgehead atoms. The number of carboxylic acid groups (broad SMARTS) is 1. The summed E-state index contributed by atoms with van der Waals surface area (Å²) in [5.41, 5.74) is 5.48. The van der Waals surface area contributed by atoms with Crippen molar-refractivity contribution in [3.8, 4) is 28.4 Å². The molecule has 3 aromatic carbocycles. The number of likely N-dealkylation sites (tertiary alicyclic amines) is 1. The summed E-state index contributed by atoms with van der Waals surface area (Å²) < 4.78 is 17.6. The van der Waals surface area contributed by atoms with Crippen LogP contribution >= 0.6 is 0 Å². The molecule has 0 spiro atoms. The average molecular weight is 476 g/mol. The number of methoxy groups -OCH3 is 2. The van der Waals surface area contributed by atoms with E-state index < -0.39 is 12.0 Å². The van der Waals surface area contributed by atoms with Crippen molar-refractivity contribution >= 4 is 5.97 Å². The largest absolute Gasteiger partial charge is 0.496 e. The van der Waals surface area contributed by atoms with Crippen molar-refractivity contribution in [1.29, 1.82) is 0 Å². The van der Waals surface area contributed by atoms with Crippen molar-refractivity contribution < 1.29 is 24.1 Å². The van der Waals surface area contributed by atoms with Gasteiger partial charge in [0, 0.05) is 18.7 Å². The van der Waals surface area contributed by atoms with Crippen LogP contribution in [0.3, 0.4) is 0 Å². The second-order valence-corrected chi connectivity index (χ2v) is 8.87. The fourth-order valence-electron chi connectivity index (χ4n) is 4.79. The van der Waals surface area contributed by atoms with Gasteiger partial charge in [-0.15, -0.1) is 0 Å². The maximum atomic E-state index is 11.8. The number of carbonyl (C=O) groups is 1. The molecule has 1 aliphatic heterocycles. The lowest BCUT2D eigenvalue weighted by Crippen LogP contribution is -2.44. The van der Waals surface area contributed by atoms with Crippen LogP contribution in [0.1, 0.15) is 36.0 Å². The molecule has 1 unspecified atom stereocenters. The molecule has 1 atom stereocenters. The maximum Gasteiger partial charge on any atom is 0.320 e. The van der Waals surface area contributed by atoms with E-state index in [0.29, 0.717) is 36.8 Å². The highest BCUT2D eigenvalue weighted by Crippen LogP contribution is 2.37. The number of carboxylic acids is 1. The van der Waals surface area contributed by atoms with E-state index >= 15 is 0 Å². The predicted molar refractivity (Wildman–Crippen MR) is 136 cm³/mol. The third-order valence-corrected chi connectivity index (χ3v) is 6.77. The number of aliphatic carboxylic acids is 1. The molecular formula is C29H33NO5. The van der Waals surface area contributed by atoms with Crippen LogP contribution in [-0.2, 0) is 17.9 Å². The van der Waals surface area contributed by atoms with Crippen molar-refractivity contribution in [3.05, 3.63) is 77.4 Å². The zero-order valence-electron chi connectivity index (χ0n) is 20.6. The van der Waals surface area contributed by atoms with Crippen LogP contribution in [0, 0.1) is 6.92 Å². The number of piperidine rings is 1. The maximum absolute atomic E-state index is 11.8. The smallest absolute Gasteiger partial charge is 0.320 e. The van der Waals surface area contributed by atoms with Gasteiger partial charge in [-0.1, -0.05) is 55.0 Å². The Morgan fingerprint density at radius 3 is 2.37 bits per heavy atom. The first kappa shape index (κ1) is 24.6. The molecule has 1 saturated heterocycles. The lowest BCUT2D eigenvalue weighted by molar-refractivity contribution is -0.144. The predicted octanol–water partition coefficient (Wildman–Crippen LogP) is 5.70. The number of hydrogen-bond acceptors (Lipinski definition) is 5. The van der Waals surface area contributed by atoms with Crippen LogP contribution in [0.25, 0.3) is 11.1 Å². The van der Waals surface area contributed by atoms with E-state index in [2.05, 4.69) is 37.3 Å². The van der Waals surface area contributed by atoms with Crippen LogP contribution in [0.2, 0.25) is 0 Å². The molecule has 0 radical (unpaired) electrons. The van der Waals surface area contributed by atoms with Gasteiger partial charge in [-0.3, -0.25) is 9.69 Å². The minimum absolute atomic E-state index is 0.408. The SMILES string of the molecule is COc1cc(OCc2cccc(-c3ccccc3)c2C)cc(OC)c1CN1CCCCC1C(=O)O. The Bertz CT molecular complexity index is 1140. The van der Waals surface area contributed by atoms with Gasteiger partial charge in [0.1, 0.15) is 29.9 Å². The van der Waals surface area contributed by atoms with Gasteiger partial charge in [0.15, 0.2) is 0 Å². The molecule has 184 valence electrons. The van der Waals surface area contributed by atoms with E-state index in [0.717, 1.165) is 30.5 Å². The van der Waals surface area contributed by atoms with Crippen molar-refractivity contribution in [3.63, 3.8) is 0 Å². The van der Waals surface area contributed by atoms with Gasteiger partial charge < -0.3 is 19.3 Å². The minimum Gasteiger partial charge on any atom is -0.496 e. The lowest BCUT2D eigenvalue weighted by Gasteiger charge is -2.33. The second kappa shape index (κ2) is 11.3. The molecule has 6 nitrogen and oxygen atoms in total.